The van der Waals surface area contributed by atoms with Gasteiger partial charge in [0, 0.05) is 29.4 Å². The molecule has 2 aliphatic heterocycles. The standard InChI is InChI=1S/C19H22ClN3O5S2/c1-12(18(24)22-6-8-28-9-7-22)23-5-4-15(19(23)25)21-30(26,27)17-10-13-2-3-14(20)11-16(13)29-17/h2-3,10-12,15,21H,4-9H2,1H3/t12-,15?/m0/s1. The Balaban J connectivity index is 1.45. The zero-order valence-electron chi connectivity index (χ0n) is 16.3. The van der Waals surface area contributed by atoms with Crippen LogP contribution in [-0.4, -0.2) is 75.0 Å². The van der Waals surface area contributed by atoms with Gasteiger partial charge in [-0.05, 0) is 36.9 Å². The van der Waals surface area contributed by atoms with Gasteiger partial charge in [-0.25, -0.2) is 8.42 Å². The Kier molecular flexibility index (Phi) is 6.04. The number of nitrogens with one attached hydrogen (secondary N) is 1. The van der Waals surface area contributed by atoms with Crippen LogP contribution in [0.2, 0.25) is 5.02 Å². The van der Waals surface area contributed by atoms with Gasteiger partial charge in [0.15, 0.2) is 0 Å². The summed E-state index contributed by atoms with van der Waals surface area (Å²) in [5.74, 6) is -0.520. The van der Waals surface area contributed by atoms with E-state index in [1.807, 2.05) is 0 Å². The third-order valence-electron chi connectivity index (χ3n) is 5.41. The van der Waals surface area contributed by atoms with Crippen molar-refractivity contribution in [3.63, 3.8) is 0 Å². The molecular formula is C19H22ClN3O5S2. The molecule has 2 saturated heterocycles. The third-order valence-corrected chi connectivity index (χ3v) is 8.69. The van der Waals surface area contributed by atoms with Crippen LogP contribution in [0.4, 0.5) is 0 Å². The SMILES string of the molecule is C[C@@H](C(=O)N1CCOCC1)N1CCC(NS(=O)(=O)c2cc3ccc(Cl)cc3s2)C1=O. The van der Waals surface area contributed by atoms with E-state index in [4.69, 9.17) is 16.3 Å². The Bertz CT molecular complexity index is 1080. The van der Waals surface area contributed by atoms with Crippen LogP contribution in [0.25, 0.3) is 10.1 Å². The van der Waals surface area contributed by atoms with E-state index in [9.17, 15) is 18.0 Å². The van der Waals surface area contributed by atoms with Gasteiger partial charge in [0.25, 0.3) is 10.0 Å². The van der Waals surface area contributed by atoms with Crippen LogP contribution in [0.5, 0.6) is 0 Å². The molecule has 11 heteroatoms. The average Bonchev–Trinajstić information content (AvgIpc) is 3.31. The van der Waals surface area contributed by atoms with Gasteiger partial charge in [-0.2, -0.15) is 4.72 Å². The first-order chi connectivity index (χ1) is 14.3. The molecule has 2 atom stereocenters. The highest BCUT2D eigenvalue weighted by molar-refractivity contribution is 7.91. The molecule has 0 bridgehead atoms. The minimum atomic E-state index is -3.88. The zero-order valence-corrected chi connectivity index (χ0v) is 18.7. The second-order valence-corrected chi connectivity index (χ2v) is 10.8. The van der Waals surface area contributed by atoms with Crippen molar-refractivity contribution in [2.24, 2.45) is 0 Å². The quantitative estimate of drug-likeness (QED) is 0.715. The van der Waals surface area contributed by atoms with Crippen LogP contribution in [0.3, 0.4) is 0 Å². The van der Waals surface area contributed by atoms with Crippen molar-refractivity contribution >= 4 is 54.9 Å². The number of ether oxygens (including phenoxy) is 1. The topological polar surface area (TPSA) is 96.0 Å². The van der Waals surface area contributed by atoms with Crippen molar-refractivity contribution in [1.82, 2.24) is 14.5 Å². The maximum absolute atomic E-state index is 12.9. The molecule has 1 unspecified atom stereocenters. The molecule has 162 valence electrons. The molecule has 30 heavy (non-hydrogen) atoms. The maximum atomic E-state index is 12.9. The number of thiophene rings is 1. The van der Waals surface area contributed by atoms with Gasteiger partial charge in [0.1, 0.15) is 16.3 Å². The molecule has 4 rings (SSSR count). The molecule has 2 aromatic rings. The highest BCUT2D eigenvalue weighted by Gasteiger charge is 2.40. The van der Waals surface area contributed by atoms with Gasteiger partial charge in [-0.15, -0.1) is 11.3 Å². The van der Waals surface area contributed by atoms with Crippen molar-refractivity contribution in [2.45, 2.75) is 29.6 Å². The Morgan fingerprint density at radius 2 is 2.00 bits per heavy atom. The number of sulfonamides is 1. The van der Waals surface area contributed by atoms with E-state index in [0.717, 1.165) is 21.4 Å². The van der Waals surface area contributed by atoms with E-state index in [1.54, 1.807) is 36.1 Å². The Morgan fingerprint density at radius 1 is 1.27 bits per heavy atom. The minimum Gasteiger partial charge on any atom is -0.378 e. The second kappa shape index (κ2) is 8.43. The fraction of sp³-hybridized carbons (Fsp3) is 0.474. The van der Waals surface area contributed by atoms with Crippen LogP contribution >= 0.6 is 22.9 Å². The number of likely N-dealkylation sites (tertiary alicyclic amines) is 1. The monoisotopic (exact) mass is 471 g/mol. The number of halogens is 1. The molecule has 1 aromatic carbocycles. The van der Waals surface area contributed by atoms with Crippen molar-refractivity contribution in [1.29, 1.82) is 0 Å². The summed E-state index contributed by atoms with van der Waals surface area (Å²) >= 11 is 7.08. The lowest BCUT2D eigenvalue weighted by molar-refractivity contribution is -0.146. The normalized spacial score (nSPS) is 21.4. The first-order valence-electron chi connectivity index (χ1n) is 9.65. The predicted octanol–water partition coefficient (Wildman–Crippen LogP) is 1.68. The van der Waals surface area contributed by atoms with Gasteiger partial charge in [0.05, 0.1) is 13.2 Å². The third kappa shape index (κ3) is 4.19. The number of nitrogens with zero attached hydrogens (tertiary/aromatic N) is 2. The van der Waals surface area contributed by atoms with Crippen LogP contribution in [0.15, 0.2) is 28.5 Å². The molecule has 8 nitrogen and oxygen atoms in total. The number of hydrogen-bond acceptors (Lipinski definition) is 6. The Morgan fingerprint density at radius 3 is 2.73 bits per heavy atom. The fourth-order valence-corrected chi connectivity index (χ4v) is 6.65. The highest BCUT2D eigenvalue weighted by Crippen LogP contribution is 2.31. The summed E-state index contributed by atoms with van der Waals surface area (Å²) < 4.78 is 34.4. The second-order valence-electron chi connectivity index (χ2n) is 7.36. The summed E-state index contributed by atoms with van der Waals surface area (Å²) in [5.41, 5.74) is 0. The summed E-state index contributed by atoms with van der Waals surface area (Å²) in [6.07, 6.45) is 0.315. The molecule has 1 N–H and O–H groups in total. The Labute approximate surface area is 183 Å². The first-order valence-corrected chi connectivity index (χ1v) is 12.3. The zero-order chi connectivity index (χ0) is 21.5. The van der Waals surface area contributed by atoms with E-state index in [1.165, 1.54) is 4.90 Å². The van der Waals surface area contributed by atoms with Crippen LogP contribution in [-0.2, 0) is 24.3 Å². The lowest BCUT2D eigenvalue weighted by atomic mass is 10.2. The number of morpholine rings is 1. The smallest absolute Gasteiger partial charge is 0.250 e. The minimum absolute atomic E-state index is 0.128. The van der Waals surface area contributed by atoms with Gasteiger partial charge in [-0.3, -0.25) is 9.59 Å². The lowest BCUT2D eigenvalue weighted by Crippen LogP contribution is -2.52. The van der Waals surface area contributed by atoms with E-state index in [2.05, 4.69) is 4.72 Å². The summed E-state index contributed by atoms with van der Waals surface area (Å²) in [4.78, 5) is 28.7. The number of benzene rings is 1. The van der Waals surface area contributed by atoms with Gasteiger partial charge >= 0.3 is 0 Å². The molecule has 3 heterocycles. The van der Waals surface area contributed by atoms with Gasteiger partial charge in [0.2, 0.25) is 11.8 Å². The molecule has 2 aliphatic rings. The lowest BCUT2D eigenvalue weighted by Gasteiger charge is -2.32. The van der Waals surface area contributed by atoms with E-state index in [-0.39, 0.29) is 16.0 Å². The number of rotatable bonds is 5. The molecule has 0 spiro atoms. The number of carbonyl (C=O) groups excluding carboxylic acids is 2. The van der Waals surface area contributed by atoms with Crippen LogP contribution in [0.1, 0.15) is 13.3 Å². The fourth-order valence-electron chi connectivity index (χ4n) is 3.74. The van der Waals surface area contributed by atoms with Gasteiger partial charge in [-0.1, -0.05) is 17.7 Å². The molecular weight excluding hydrogens is 450 g/mol. The highest BCUT2D eigenvalue weighted by atomic mass is 35.5. The molecule has 0 radical (unpaired) electrons. The molecule has 0 aliphatic carbocycles. The number of hydrogen-bond donors (Lipinski definition) is 1. The predicted molar refractivity (Wildman–Crippen MR) is 114 cm³/mol. The van der Waals surface area contributed by atoms with E-state index in [0.29, 0.717) is 44.3 Å². The maximum Gasteiger partial charge on any atom is 0.250 e. The average molecular weight is 472 g/mol. The van der Waals surface area contributed by atoms with Crippen molar-refractivity contribution in [2.75, 3.05) is 32.8 Å². The molecule has 0 saturated carbocycles. The molecule has 2 amide bonds. The Hall–Kier alpha value is -1.72. The van der Waals surface area contributed by atoms with E-state index < -0.39 is 22.1 Å². The largest absolute Gasteiger partial charge is 0.378 e. The number of carbonyl (C=O) groups is 2. The summed E-state index contributed by atoms with van der Waals surface area (Å²) in [5, 5.41) is 1.30. The summed E-state index contributed by atoms with van der Waals surface area (Å²) in [6.45, 7) is 3.96. The van der Waals surface area contributed by atoms with Crippen molar-refractivity contribution in [3.8, 4) is 0 Å². The molecule has 1 aromatic heterocycles. The summed E-state index contributed by atoms with van der Waals surface area (Å²) in [6, 6.07) is 5.21. The first kappa shape index (κ1) is 21.5. The van der Waals surface area contributed by atoms with Crippen molar-refractivity contribution < 1.29 is 22.7 Å². The van der Waals surface area contributed by atoms with Crippen LogP contribution < -0.4 is 4.72 Å². The van der Waals surface area contributed by atoms with Crippen LogP contribution in [0, 0.1) is 0 Å². The summed E-state index contributed by atoms with van der Waals surface area (Å²) in [7, 11) is -3.88. The van der Waals surface area contributed by atoms with Crippen molar-refractivity contribution in [3.05, 3.63) is 29.3 Å². The van der Waals surface area contributed by atoms with E-state index >= 15 is 0 Å². The number of amides is 2. The number of fused-ring (bicyclic) bond motifs is 1. The molecule has 2 fully saturated rings. The van der Waals surface area contributed by atoms with Gasteiger partial charge < -0.3 is 14.5 Å².